The van der Waals surface area contributed by atoms with Crippen molar-refractivity contribution in [1.29, 1.82) is 0 Å². The summed E-state index contributed by atoms with van der Waals surface area (Å²) in [6.07, 6.45) is 4.27. The molecule has 166 valence electrons. The van der Waals surface area contributed by atoms with Gasteiger partial charge in [0.1, 0.15) is 11.5 Å². The number of benzene rings is 1. The van der Waals surface area contributed by atoms with Crippen LogP contribution >= 0.6 is 0 Å². The van der Waals surface area contributed by atoms with Gasteiger partial charge in [-0.1, -0.05) is 24.3 Å². The van der Waals surface area contributed by atoms with E-state index in [0.717, 1.165) is 41.3 Å². The van der Waals surface area contributed by atoms with Crippen molar-refractivity contribution in [1.82, 2.24) is 14.9 Å². The van der Waals surface area contributed by atoms with E-state index in [2.05, 4.69) is 9.97 Å². The molecule has 1 saturated heterocycles. The molecule has 32 heavy (non-hydrogen) atoms. The zero-order valence-electron chi connectivity index (χ0n) is 17.6. The van der Waals surface area contributed by atoms with Crippen molar-refractivity contribution in [2.24, 2.45) is 0 Å². The van der Waals surface area contributed by atoms with Gasteiger partial charge in [-0.2, -0.15) is 0 Å². The number of rotatable bonds is 6. The highest BCUT2D eigenvalue weighted by atomic mass is 19.3. The smallest absolute Gasteiger partial charge is 0.251 e. The maximum Gasteiger partial charge on any atom is 0.251 e. The largest absolute Gasteiger partial charge is 0.346 e. The fourth-order valence-corrected chi connectivity index (χ4v) is 4.25. The Labute approximate surface area is 184 Å². The van der Waals surface area contributed by atoms with E-state index in [9.17, 15) is 18.4 Å². The Bertz CT molecular complexity index is 1140. The Morgan fingerprint density at radius 1 is 1.19 bits per heavy atom. The van der Waals surface area contributed by atoms with Crippen LogP contribution in [0.25, 0.3) is 22.2 Å². The van der Waals surface area contributed by atoms with E-state index in [4.69, 9.17) is 0 Å². The molecule has 1 aromatic carbocycles. The highest BCUT2D eigenvalue weighted by Crippen LogP contribution is 2.35. The topological polar surface area (TPSA) is 69.3 Å². The molecule has 0 atom stereocenters. The lowest BCUT2D eigenvalue weighted by Gasteiger charge is -2.31. The molecule has 6 nitrogen and oxygen atoms in total. The lowest BCUT2D eigenvalue weighted by atomic mass is 10.00. The summed E-state index contributed by atoms with van der Waals surface area (Å²) >= 11 is 0. The summed E-state index contributed by atoms with van der Waals surface area (Å²) in [5.41, 5.74) is 3.46. The molecule has 2 aromatic heterocycles. The predicted molar refractivity (Wildman–Crippen MR) is 118 cm³/mol. The number of aromatic amines is 1. The molecule has 0 radical (unpaired) electrons. The number of likely N-dealkylation sites (tertiary alicyclic amines) is 1. The van der Waals surface area contributed by atoms with Gasteiger partial charge in [0.25, 0.3) is 5.92 Å². The number of alkyl halides is 2. The number of hydrogen-bond acceptors (Lipinski definition) is 3. The predicted octanol–water partition coefficient (Wildman–Crippen LogP) is 4.16. The normalized spacial score (nSPS) is 18.0. The van der Waals surface area contributed by atoms with E-state index < -0.39 is 5.92 Å². The minimum Gasteiger partial charge on any atom is -0.346 e. The number of fused-ring (bicyclic) bond motifs is 1. The molecule has 3 aromatic rings. The van der Waals surface area contributed by atoms with Crippen molar-refractivity contribution in [3.63, 3.8) is 0 Å². The van der Waals surface area contributed by atoms with Crippen LogP contribution in [0.15, 0.2) is 42.6 Å². The number of amides is 2. The van der Waals surface area contributed by atoms with Crippen molar-refractivity contribution < 1.29 is 18.4 Å². The molecule has 0 bridgehead atoms. The molecule has 1 aliphatic heterocycles. The van der Waals surface area contributed by atoms with Gasteiger partial charge in [-0.3, -0.25) is 14.5 Å². The number of carbonyl (C=O) groups excluding carboxylic acids is 2. The Kier molecular flexibility index (Phi) is 5.15. The first-order valence-electron chi connectivity index (χ1n) is 10.9. The summed E-state index contributed by atoms with van der Waals surface area (Å²) in [7, 11) is 0. The number of nitrogens with zero attached hydrogens (tertiary/aromatic N) is 3. The highest BCUT2D eigenvalue weighted by molar-refractivity contribution is 5.96. The lowest BCUT2D eigenvalue weighted by Crippen LogP contribution is -2.43. The van der Waals surface area contributed by atoms with Crippen LogP contribution in [0.1, 0.15) is 31.2 Å². The monoisotopic (exact) mass is 438 g/mol. The number of anilines is 1. The Morgan fingerprint density at radius 3 is 2.56 bits per heavy atom. The molecule has 2 fully saturated rings. The first-order valence-corrected chi connectivity index (χ1v) is 10.9. The van der Waals surface area contributed by atoms with Crippen LogP contribution in [-0.4, -0.2) is 52.2 Å². The summed E-state index contributed by atoms with van der Waals surface area (Å²) in [5, 5.41) is 0.952. The van der Waals surface area contributed by atoms with Crippen LogP contribution in [0, 0.1) is 0 Å². The number of hydrogen-bond donors (Lipinski definition) is 1. The standard InChI is InChI=1S/C24H24F2N4O2/c25-24(26)8-11-29(12-9-24)22(32)13-16-1-3-17(4-2-16)20-14-21(30(15-31)18-5-6-18)28-23-19(20)7-10-27-23/h1-4,7,10,14-15,18H,5-6,8-9,11-13H2,(H,27,28). The molecule has 2 aliphatic rings. The number of piperidine rings is 1. The zero-order valence-corrected chi connectivity index (χ0v) is 17.6. The van der Waals surface area contributed by atoms with Crippen LogP contribution in [0.2, 0.25) is 0 Å². The molecule has 0 unspecified atom stereocenters. The maximum absolute atomic E-state index is 13.3. The second-order valence-electron chi connectivity index (χ2n) is 8.62. The van der Waals surface area contributed by atoms with Crippen LogP contribution in [0.3, 0.4) is 0 Å². The first kappa shape index (κ1) is 20.6. The molecular formula is C24H24F2N4O2. The van der Waals surface area contributed by atoms with Crippen molar-refractivity contribution in [2.75, 3.05) is 18.0 Å². The summed E-state index contributed by atoms with van der Waals surface area (Å²) in [4.78, 5) is 35.1. The summed E-state index contributed by atoms with van der Waals surface area (Å²) < 4.78 is 26.7. The van der Waals surface area contributed by atoms with Crippen LogP contribution < -0.4 is 4.90 Å². The van der Waals surface area contributed by atoms with Gasteiger partial charge in [-0.05, 0) is 41.7 Å². The van der Waals surface area contributed by atoms with Gasteiger partial charge in [0.05, 0.1) is 6.42 Å². The van der Waals surface area contributed by atoms with Gasteiger partial charge < -0.3 is 9.88 Å². The molecule has 5 rings (SSSR count). The van der Waals surface area contributed by atoms with Gasteiger partial charge >= 0.3 is 0 Å². The number of H-pyrrole nitrogens is 1. The van der Waals surface area contributed by atoms with E-state index >= 15 is 0 Å². The Morgan fingerprint density at radius 2 is 1.91 bits per heavy atom. The van der Waals surface area contributed by atoms with Gasteiger partial charge in [0, 0.05) is 43.6 Å². The fraction of sp³-hybridized carbons (Fsp3) is 0.375. The average molecular weight is 438 g/mol. The lowest BCUT2D eigenvalue weighted by molar-refractivity contribution is -0.136. The average Bonchev–Trinajstić information content (AvgIpc) is 3.50. The number of pyridine rings is 1. The second kappa shape index (κ2) is 8.00. The summed E-state index contributed by atoms with van der Waals surface area (Å²) in [6, 6.07) is 11.8. The second-order valence-corrected chi connectivity index (χ2v) is 8.62. The van der Waals surface area contributed by atoms with Gasteiger partial charge in [-0.15, -0.1) is 0 Å². The fourth-order valence-electron chi connectivity index (χ4n) is 4.25. The number of carbonyl (C=O) groups is 2. The highest BCUT2D eigenvalue weighted by Gasteiger charge is 2.35. The van der Waals surface area contributed by atoms with Crippen molar-refractivity contribution in [2.45, 2.75) is 44.1 Å². The van der Waals surface area contributed by atoms with Crippen molar-refractivity contribution in [3.8, 4) is 11.1 Å². The number of nitrogens with one attached hydrogen (secondary N) is 1. The molecule has 8 heteroatoms. The number of halogens is 2. The molecule has 3 heterocycles. The van der Waals surface area contributed by atoms with Crippen molar-refractivity contribution in [3.05, 3.63) is 48.2 Å². The van der Waals surface area contributed by atoms with Crippen LogP contribution in [0.4, 0.5) is 14.6 Å². The van der Waals surface area contributed by atoms with Gasteiger partial charge in [0.15, 0.2) is 0 Å². The summed E-state index contributed by atoms with van der Waals surface area (Å²) in [5.74, 6) is -2.17. The van der Waals surface area contributed by atoms with Crippen LogP contribution in [0.5, 0.6) is 0 Å². The summed E-state index contributed by atoms with van der Waals surface area (Å²) in [6.45, 7) is 0.201. The minimum atomic E-state index is -2.66. The quantitative estimate of drug-likeness (QED) is 0.588. The van der Waals surface area contributed by atoms with Crippen LogP contribution in [-0.2, 0) is 16.0 Å². The number of aromatic nitrogens is 2. The third-order valence-electron chi connectivity index (χ3n) is 6.30. The first-order chi connectivity index (χ1) is 15.4. The Balaban J connectivity index is 1.36. The van der Waals surface area contributed by atoms with E-state index in [1.165, 1.54) is 4.90 Å². The van der Waals surface area contributed by atoms with E-state index in [0.29, 0.717) is 11.5 Å². The van der Waals surface area contributed by atoms with Gasteiger partial charge in [-0.25, -0.2) is 13.8 Å². The molecule has 0 spiro atoms. The molecule has 1 aliphatic carbocycles. The SMILES string of the molecule is O=CN(c1cc(-c2ccc(CC(=O)N3CCC(F)(F)CC3)cc2)c2cc[nH]c2n1)C1CC1. The molecule has 1 N–H and O–H groups in total. The maximum atomic E-state index is 13.3. The van der Waals surface area contributed by atoms with Crippen molar-refractivity contribution >= 4 is 29.2 Å². The van der Waals surface area contributed by atoms with E-state index in [-0.39, 0.29) is 44.3 Å². The third-order valence-corrected chi connectivity index (χ3v) is 6.30. The minimum absolute atomic E-state index is 0.101. The van der Waals surface area contributed by atoms with E-state index in [1.54, 1.807) is 4.90 Å². The zero-order chi connectivity index (χ0) is 22.3. The third kappa shape index (κ3) is 4.09. The van der Waals surface area contributed by atoms with E-state index in [1.807, 2.05) is 42.6 Å². The Hall–Kier alpha value is -3.29. The molecule has 2 amide bonds. The molecule has 1 saturated carbocycles. The molecular weight excluding hydrogens is 414 g/mol. The van der Waals surface area contributed by atoms with Gasteiger partial charge in [0.2, 0.25) is 12.3 Å².